The Labute approximate surface area is 105 Å². The minimum Gasteiger partial charge on any atom is -0.373 e. The number of para-hydroxylation sites is 1. The number of halogens is 2. The molecular formula is C13H16F2N2O. The number of carbonyl (C=O) groups excluding carboxylic acids is 1. The van der Waals surface area contributed by atoms with Gasteiger partial charge in [-0.2, -0.15) is 0 Å². The number of hydrogen-bond acceptors (Lipinski definition) is 2. The molecule has 18 heavy (non-hydrogen) atoms. The van der Waals surface area contributed by atoms with Crippen molar-refractivity contribution in [3.05, 3.63) is 29.8 Å². The summed E-state index contributed by atoms with van der Waals surface area (Å²) in [6, 6.07) is 7.35. The highest BCUT2D eigenvalue weighted by atomic mass is 19.3. The third-order valence-electron chi connectivity index (χ3n) is 3.14. The van der Waals surface area contributed by atoms with Crippen LogP contribution in [0.25, 0.3) is 0 Å². The molecule has 0 spiro atoms. The summed E-state index contributed by atoms with van der Waals surface area (Å²) in [5.74, 6) is -0.273. The molecule has 1 N–H and O–H groups in total. The summed E-state index contributed by atoms with van der Waals surface area (Å²) >= 11 is 0. The van der Waals surface area contributed by atoms with E-state index in [9.17, 15) is 13.6 Å². The molecule has 1 aliphatic heterocycles. The zero-order chi connectivity index (χ0) is 13.1. The van der Waals surface area contributed by atoms with Gasteiger partial charge < -0.3 is 10.2 Å². The number of nitrogens with zero attached hydrogens (tertiary/aromatic N) is 1. The lowest BCUT2D eigenvalue weighted by molar-refractivity contribution is -0.132. The minimum atomic E-state index is -2.49. The first kappa shape index (κ1) is 12.8. The van der Waals surface area contributed by atoms with Crippen LogP contribution >= 0.6 is 0 Å². The number of benzene rings is 1. The van der Waals surface area contributed by atoms with Crippen LogP contribution in [-0.2, 0) is 11.2 Å². The van der Waals surface area contributed by atoms with Crippen molar-refractivity contribution in [1.29, 1.82) is 0 Å². The Balaban J connectivity index is 2.02. The Morgan fingerprint density at radius 2 is 2.22 bits per heavy atom. The molecule has 3 nitrogen and oxygen atoms in total. The highest BCUT2D eigenvalue weighted by molar-refractivity contribution is 5.85. The van der Waals surface area contributed by atoms with Crippen molar-refractivity contribution < 1.29 is 13.6 Å². The van der Waals surface area contributed by atoms with Crippen molar-refractivity contribution in [1.82, 2.24) is 4.90 Å². The van der Waals surface area contributed by atoms with Gasteiger partial charge in [-0.25, -0.2) is 8.78 Å². The van der Waals surface area contributed by atoms with E-state index in [0.29, 0.717) is 6.42 Å². The third-order valence-corrected chi connectivity index (χ3v) is 3.14. The van der Waals surface area contributed by atoms with Gasteiger partial charge in [-0.15, -0.1) is 0 Å². The van der Waals surface area contributed by atoms with Crippen LogP contribution in [0.1, 0.15) is 12.0 Å². The molecule has 0 aromatic heterocycles. The van der Waals surface area contributed by atoms with Crippen LogP contribution in [0.2, 0.25) is 0 Å². The first-order chi connectivity index (χ1) is 8.58. The van der Waals surface area contributed by atoms with E-state index < -0.39 is 19.0 Å². The summed E-state index contributed by atoms with van der Waals surface area (Å²) in [5, 5.41) is 3.11. The van der Waals surface area contributed by atoms with Crippen molar-refractivity contribution in [2.45, 2.75) is 25.3 Å². The Bertz CT molecular complexity index is 437. The van der Waals surface area contributed by atoms with Gasteiger partial charge in [-0.3, -0.25) is 4.79 Å². The molecule has 1 aromatic rings. The van der Waals surface area contributed by atoms with Gasteiger partial charge in [0.2, 0.25) is 5.91 Å². The molecule has 0 saturated carbocycles. The minimum absolute atomic E-state index is 0.273. The first-order valence-electron chi connectivity index (χ1n) is 5.95. The number of aryl methyl sites for hydroxylation is 1. The zero-order valence-electron chi connectivity index (χ0n) is 10.2. The fourth-order valence-electron chi connectivity index (χ4n) is 2.19. The van der Waals surface area contributed by atoms with Crippen molar-refractivity contribution in [2.24, 2.45) is 0 Å². The maximum Gasteiger partial charge on any atom is 0.255 e. The Morgan fingerprint density at radius 1 is 1.50 bits per heavy atom. The lowest BCUT2D eigenvalue weighted by atomic mass is 9.97. The van der Waals surface area contributed by atoms with E-state index in [4.69, 9.17) is 0 Å². The SMILES string of the molecule is CN(CC(F)F)C(=O)C1CCc2ccccc2N1. The van der Waals surface area contributed by atoms with Crippen LogP contribution < -0.4 is 5.32 Å². The number of nitrogens with one attached hydrogen (secondary N) is 1. The first-order valence-corrected chi connectivity index (χ1v) is 5.95. The standard InChI is InChI=1S/C13H16F2N2O/c1-17(8-12(14)15)13(18)11-7-6-9-4-2-3-5-10(9)16-11/h2-5,11-12,16H,6-8H2,1H3. The van der Waals surface area contributed by atoms with E-state index in [1.807, 2.05) is 24.3 Å². The summed E-state index contributed by atoms with van der Waals surface area (Å²) in [7, 11) is 1.41. The van der Waals surface area contributed by atoms with E-state index in [1.54, 1.807) is 0 Å². The summed E-state index contributed by atoms with van der Waals surface area (Å²) in [6.45, 7) is -0.515. The fraction of sp³-hybridized carbons (Fsp3) is 0.462. The van der Waals surface area contributed by atoms with Crippen LogP contribution in [0.4, 0.5) is 14.5 Å². The van der Waals surface area contributed by atoms with Gasteiger partial charge in [0.05, 0.1) is 6.54 Å². The van der Waals surface area contributed by atoms with Crippen molar-refractivity contribution >= 4 is 11.6 Å². The summed E-state index contributed by atoms with van der Waals surface area (Å²) in [4.78, 5) is 13.1. The highest BCUT2D eigenvalue weighted by Crippen LogP contribution is 2.24. The maximum atomic E-state index is 12.2. The molecule has 1 heterocycles. The summed E-state index contributed by atoms with van der Waals surface area (Å²) in [5.41, 5.74) is 2.09. The van der Waals surface area contributed by atoms with Gasteiger partial charge in [0.15, 0.2) is 0 Å². The molecular weight excluding hydrogens is 238 g/mol. The molecule has 5 heteroatoms. The molecule has 0 fully saturated rings. The van der Waals surface area contributed by atoms with Crippen LogP contribution in [0.3, 0.4) is 0 Å². The Kier molecular flexibility index (Phi) is 3.79. The maximum absolute atomic E-state index is 12.2. The van der Waals surface area contributed by atoms with Crippen molar-refractivity contribution in [2.75, 3.05) is 18.9 Å². The van der Waals surface area contributed by atoms with Gasteiger partial charge >= 0.3 is 0 Å². The molecule has 1 amide bonds. The third kappa shape index (κ3) is 2.78. The molecule has 1 aromatic carbocycles. The number of likely N-dealkylation sites (N-methyl/N-ethyl adjacent to an activating group) is 1. The topological polar surface area (TPSA) is 32.3 Å². The van der Waals surface area contributed by atoms with Gasteiger partial charge in [-0.1, -0.05) is 18.2 Å². The van der Waals surface area contributed by atoms with E-state index in [1.165, 1.54) is 7.05 Å². The monoisotopic (exact) mass is 254 g/mol. The number of hydrogen-bond donors (Lipinski definition) is 1. The van der Waals surface area contributed by atoms with Crippen LogP contribution in [0, 0.1) is 0 Å². The Morgan fingerprint density at radius 3 is 2.94 bits per heavy atom. The van der Waals surface area contributed by atoms with Gasteiger partial charge in [0.25, 0.3) is 6.43 Å². The number of fused-ring (bicyclic) bond motifs is 1. The number of carbonyl (C=O) groups is 1. The average molecular weight is 254 g/mol. The van der Waals surface area contributed by atoms with Crippen molar-refractivity contribution in [3.8, 4) is 0 Å². The molecule has 0 saturated heterocycles. The number of anilines is 1. The number of alkyl halides is 2. The van der Waals surface area contributed by atoms with E-state index in [-0.39, 0.29) is 5.91 Å². The largest absolute Gasteiger partial charge is 0.373 e. The molecule has 0 bridgehead atoms. The van der Waals surface area contributed by atoms with Gasteiger partial charge in [-0.05, 0) is 24.5 Å². The van der Waals surface area contributed by atoms with E-state index in [0.717, 1.165) is 22.6 Å². The normalized spacial score (nSPS) is 18.1. The average Bonchev–Trinajstić information content (AvgIpc) is 2.36. The Hall–Kier alpha value is -1.65. The van der Waals surface area contributed by atoms with E-state index in [2.05, 4.69) is 5.32 Å². The number of amides is 1. The fourth-order valence-corrected chi connectivity index (χ4v) is 2.19. The predicted molar refractivity (Wildman–Crippen MR) is 65.8 cm³/mol. The summed E-state index contributed by atoms with van der Waals surface area (Å²) in [6.07, 6.45) is -1.05. The van der Waals surface area contributed by atoms with Gasteiger partial charge in [0, 0.05) is 12.7 Å². The summed E-state index contributed by atoms with van der Waals surface area (Å²) < 4.78 is 24.5. The van der Waals surface area contributed by atoms with Gasteiger partial charge in [0.1, 0.15) is 6.04 Å². The predicted octanol–water partition coefficient (Wildman–Crippen LogP) is 2.14. The molecule has 1 atom stereocenters. The lowest BCUT2D eigenvalue weighted by Crippen LogP contribution is -2.44. The highest BCUT2D eigenvalue weighted by Gasteiger charge is 2.27. The molecule has 1 aliphatic rings. The molecule has 1 unspecified atom stereocenters. The number of rotatable bonds is 3. The molecule has 0 radical (unpaired) electrons. The van der Waals surface area contributed by atoms with E-state index >= 15 is 0 Å². The second kappa shape index (κ2) is 5.33. The smallest absolute Gasteiger partial charge is 0.255 e. The zero-order valence-corrected chi connectivity index (χ0v) is 10.2. The molecule has 0 aliphatic carbocycles. The molecule has 98 valence electrons. The second-order valence-electron chi connectivity index (χ2n) is 4.50. The van der Waals surface area contributed by atoms with Crippen molar-refractivity contribution in [3.63, 3.8) is 0 Å². The molecule has 2 rings (SSSR count). The second-order valence-corrected chi connectivity index (χ2v) is 4.50. The van der Waals surface area contributed by atoms with Crippen LogP contribution in [-0.4, -0.2) is 36.9 Å². The lowest BCUT2D eigenvalue weighted by Gasteiger charge is -2.29. The van der Waals surface area contributed by atoms with Crippen LogP contribution in [0.15, 0.2) is 24.3 Å². The quantitative estimate of drug-likeness (QED) is 0.896. The van der Waals surface area contributed by atoms with Crippen LogP contribution in [0.5, 0.6) is 0 Å².